The monoisotopic (exact) mass is 268 g/mol. The predicted molar refractivity (Wildman–Crippen MR) is 71.9 cm³/mol. The molecule has 0 spiro atoms. The smallest absolute Gasteiger partial charge is 0.245 e. The molecular weight excluding hydrogens is 252 g/mol. The SMILES string of the molecule is CC1CCN(c2cccc(Cl)c2)C(CO)C(=O)N1. The zero-order valence-corrected chi connectivity index (χ0v) is 11.0. The van der Waals surface area contributed by atoms with Crippen LogP contribution >= 0.6 is 11.6 Å². The predicted octanol–water partition coefficient (Wildman–Crippen LogP) is 1.42. The molecule has 1 amide bonds. The third-order valence-electron chi connectivity index (χ3n) is 3.18. The maximum atomic E-state index is 12.0. The summed E-state index contributed by atoms with van der Waals surface area (Å²) in [6.07, 6.45) is 0.842. The fourth-order valence-electron chi connectivity index (χ4n) is 2.19. The average Bonchev–Trinajstić information content (AvgIpc) is 2.47. The molecular formula is C13H17ClN2O2. The van der Waals surface area contributed by atoms with E-state index in [1.54, 1.807) is 6.07 Å². The van der Waals surface area contributed by atoms with Gasteiger partial charge in [0, 0.05) is 23.3 Å². The molecule has 5 heteroatoms. The van der Waals surface area contributed by atoms with Crippen molar-refractivity contribution in [3.05, 3.63) is 29.3 Å². The summed E-state index contributed by atoms with van der Waals surface area (Å²) >= 11 is 5.97. The Hall–Kier alpha value is -1.26. The van der Waals surface area contributed by atoms with E-state index in [1.807, 2.05) is 30.0 Å². The third kappa shape index (κ3) is 2.76. The molecule has 2 N–H and O–H groups in total. The number of aliphatic hydroxyl groups is 1. The highest BCUT2D eigenvalue weighted by Crippen LogP contribution is 2.23. The van der Waals surface area contributed by atoms with E-state index in [1.165, 1.54) is 0 Å². The maximum absolute atomic E-state index is 12.0. The number of carbonyl (C=O) groups excluding carboxylic acids is 1. The second kappa shape index (κ2) is 5.59. The maximum Gasteiger partial charge on any atom is 0.245 e. The van der Waals surface area contributed by atoms with E-state index in [2.05, 4.69) is 5.32 Å². The van der Waals surface area contributed by atoms with Crippen molar-refractivity contribution in [1.29, 1.82) is 0 Å². The molecule has 2 rings (SSSR count). The number of nitrogens with zero attached hydrogens (tertiary/aromatic N) is 1. The number of amides is 1. The zero-order valence-electron chi connectivity index (χ0n) is 10.3. The van der Waals surface area contributed by atoms with Gasteiger partial charge >= 0.3 is 0 Å². The molecule has 98 valence electrons. The van der Waals surface area contributed by atoms with Gasteiger partial charge in [-0.2, -0.15) is 0 Å². The minimum atomic E-state index is -0.548. The van der Waals surface area contributed by atoms with Crippen molar-refractivity contribution >= 4 is 23.2 Å². The number of aliphatic hydroxyl groups excluding tert-OH is 1. The average molecular weight is 269 g/mol. The highest BCUT2D eigenvalue weighted by Gasteiger charge is 2.29. The topological polar surface area (TPSA) is 52.6 Å². The van der Waals surface area contributed by atoms with E-state index in [4.69, 9.17) is 11.6 Å². The summed E-state index contributed by atoms with van der Waals surface area (Å²) in [5.41, 5.74) is 0.866. The molecule has 0 aromatic heterocycles. The van der Waals surface area contributed by atoms with Gasteiger partial charge in [-0.3, -0.25) is 4.79 Å². The number of carbonyl (C=O) groups is 1. The van der Waals surface area contributed by atoms with Crippen LogP contribution in [0.25, 0.3) is 0 Å². The highest BCUT2D eigenvalue weighted by atomic mass is 35.5. The van der Waals surface area contributed by atoms with E-state index in [0.717, 1.165) is 12.1 Å². The Morgan fingerprint density at radius 1 is 1.56 bits per heavy atom. The Morgan fingerprint density at radius 3 is 3.00 bits per heavy atom. The number of hydrogen-bond donors (Lipinski definition) is 2. The van der Waals surface area contributed by atoms with Crippen LogP contribution in [0.2, 0.25) is 5.02 Å². The van der Waals surface area contributed by atoms with Crippen molar-refractivity contribution < 1.29 is 9.90 Å². The van der Waals surface area contributed by atoms with Gasteiger partial charge in [0.15, 0.2) is 0 Å². The van der Waals surface area contributed by atoms with Crippen LogP contribution in [0, 0.1) is 0 Å². The number of anilines is 1. The molecule has 1 aromatic carbocycles. The number of halogens is 1. The molecule has 1 aliphatic heterocycles. The summed E-state index contributed by atoms with van der Waals surface area (Å²) in [6.45, 7) is 2.48. The molecule has 1 aromatic rings. The van der Waals surface area contributed by atoms with Crippen LogP contribution in [-0.4, -0.2) is 36.2 Å². The van der Waals surface area contributed by atoms with Crippen LogP contribution in [0.15, 0.2) is 24.3 Å². The Balaban J connectivity index is 2.31. The fourth-order valence-corrected chi connectivity index (χ4v) is 2.37. The van der Waals surface area contributed by atoms with Gasteiger partial charge in [-0.15, -0.1) is 0 Å². The number of nitrogens with one attached hydrogen (secondary N) is 1. The first-order valence-corrected chi connectivity index (χ1v) is 6.43. The Morgan fingerprint density at radius 2 is 2.33 bits per heavy atom. The van der Waals surface area contributed by atoms with Crippen LogP contribution in [0.4, 0.5) is 5.69 Å². The van der Waals surface area contributed by atoms with Gasteiger partial charge in [0.05, 0.1) is 6.61 Å². The van der Waals surface area contributed by atoms with Crippen molar-refractivity contribution in [3.8, 4) is 0 Å². The molecule has 2 atom stereocenters. The lowest BCUT2D eigenvalue weighted by molar-refractivity contribution is -0.123. The molecule has 0 radical (unpaired) electrons. The van der Waals surface area contributed by atoms with E-state index < -0.39 is 6.04 Å². The van der Waals surface area contributed by atoms with Crippen LogP contribution in [0.3, 0.4) is 0 Å². The number of rotatable bonds is 2. The van der Waals surface area contributed by atoms with Gasteiger partial charge in [0.25, 0.3) is 0 Å². The molecule has 4 nitrogen and oxygen atoms in total. The lowest BCUT2D eigenvalue weighted by Gasteiger charge is -2.29. The Labute approximate surface area is 112 Å². The van der Waals surface area contributed by atoms with Crippen LogP contribution < -0.4 is 10.2 Å². The van der Waals surface area contributed by atoms with Gasteiger partial charge < -0.3 is 15.3 Å². The van der Waals surface area contributed by atoms with Gasteiger partial charge in [-0.05, 0) is 31.5 Å². The lowest BCUT2D eigenvalue weighted by atomic mass is 10.2. The zero-order chi connectivity index (χ0) is 13.1. The van der Waals surface area contributed by atoms with Gasteiger partial charge in [0.1, 0.15) is 6.04 Å². The van der Waals surface area contributed by atoms with Gasteiger partial charge in [-0.1, -0.05) is 17.7 Å². The van der Waals surface area contributed by atoms with Crippen molar-refractivity contribution in [2.24, 2.45) is 0 Å². The molecule has 0 aliphatic carbocycles. The summed E-state index contributed by atoms with van der Waals surface area (Å²) in [4.78, 5) is 13.9. The first-order chi connectivity index (χ1) is 8.61. The number of hydrogen-bond acceptors (Lipinski definition) is 3. The quantitative estimate of drug-likeness (QED) is 0.853. The molecule has 1 aliphatic rings. The molecule has 1 heterocycles. The highest BCUT2D eigenvalue weighted by molar-refractivity contribution is 6.30. The largest absolute Gasteiger partial charge is 0.394 e. The molecule has 1 saturated heterocycles. The van der Waals surface area contributed by atoms with Crippen molar-refractivity contribution in [2.75, 3.05) is 18.1 Å². The normalized spacial score (nSPS) is 24.6. The summed E-state index contributed by atoms with van der Waals surface area (Å²) in [5, 5.41) is 12.9. The minimum Gasteiger partial charge on any atom is -0.394 e. The Bertz CT molecular complexity index is 439. The van der Waals surface area contributed by atoms with Crippen LogP contribution in [0.5, 0.6) is 0 Å². The lowest BCUT2D eigenvalue weighted by Crippen LogP contribution is -2.47. The molecule has 0 bridgehead atoms. The number of benzene rings is 1. The van der Waals surface area contributed by atoms with Crippen LogP contribution in [-0.2, 0) is 4.79 Å². The third-order valence-corrected chi connectivity index (χ3v) is 3.42. The second-order valence-corrected chi connectivity index (χ2v) is 5.01. The second-order valence-electron chi connectivity index (χ2n) is 4.57. The van der Waals surface area contributed by atoms with Crippen molar-refractivity contribution in [2.45, 2.75) is 25.4 Å². The summed E-state index contributed by atoms with van der Waals surface area (Å²) in [7, 11) is 0. The van der Waals surface area contributed by atoms with E-state index in [-0.39, 0.29) is 18.6 Å². The molecule has 2 unspecified atom stereocenters. The molecule has 0 saturated carbocycles. The van der Waals surface area contributed by atoms with E-state index in [0.29, 0.717) is 11.6 Å². The van der Waals surface area contributed by atoms with E-state index in [9.17, 15) is 9.90 Å². The van der Waals surface area contributed by atoms with Gasteiger partial charge in [0.2, 0.25) is 5.91 Å². The van der Waals surface area contributed by atoms with Gasteiger partial charge in [-0.25, -0.2) is 0 Å². The molecule has 1 fully saturated rings. The molecule has 18 heavy (non-hydrogen) atoms. The standard InChI is InChI=1S/C13H17ClN2O2/c1-9-5-6-16(12(8-17)13(18)15-9)11-4-2-3-10(14)7-11/h2-4,7,9,12,17H,5-6,8H2,1H3,(H,15,18). The van der Waals surface area contributed by atoms with Crippen LogP contribution in [0.1, 0.15) is 13.3 Å². The summed E-state index contributed by atoms with van der Waals surface area (Å²) in [5.74, 6) is -0.137. The summed E-state index contributed by atoms with van der Waals surface area (Å²) in [6, 6.07) is 6.92. The summed E-state index contributed by atoms with van der Waals surface area (Å²) < 4.78 is 0. The Kier molecular flexibility index (Phi) is 4.09. The van der Waals surface area contributed by atoms with Crippen molar-refractivity contribution in [3.63, 3.8) is 0 Å². The van der Waals surface area contributed by atoms with Crippen molar-refractivity contribution in [1.82, 2.24) is 5.32 Å². The first kappa shape index (κ1) is 13.2. The minimum absolute atomic E-state index is 0.121. The first-order valence-electron chi connectivity index (χ1n) is 6.05. The fraction of sp³-hybridized carbons (Fsp3) is 0.462. The van der Waals surface area contributed by atoms with E-state index >= 15 is 0 Å².